The van der Waals surface area contributed by atoms with Gasteiger partial charge in [-0.25, -0.2) is 0 Å². The lowest BCUT2D eigenvalue weighted by atomic mass is 10.1. The minimum atomic E-state index is 0.674. The fraction of sp³-hybridized carbons (Fsp3) is 0.474. The number of likely N-dealkylation sites (tertiary alicyclic amines) is 1. The fourth-order valence-corrected chi connectivity index (χ4v) is 3.50. The topological polar surface area (TPSA) is 32.3 Å². The lowest BCUT2D eigenvalue weighted by Gasteiger charge is -2.30. The van der Waals surface area contributed by atoms with Gasteiger partial charge in [-0.05, 0) is 49.2 Å². The third-order valence-corrected chi connectivity index (χ3v) is 4.63. The van der Waals surface area contributed by atoms with Crippen LogP contribution >= 0.6 is 0 Å². The van der Waals surface area contributed by atoms with Gasteiger partial charge in [0.15, 0.2) is 0 Å². The van der Waals surface area contributed by atoms with Crippen molar-refractivity contribution in [2.24, 2.45) is 0 Å². The van der Waals surface area contributed by atoms with Crippen molar-refractivity contribution in [1.82, 2.24) is 19.8 Å². The molecule has 3 rings (SSSR count). The first kappa shape index (κ1) is 16.1. The van der Waals surface area contributed by atoms with E-state index in [0.29, 0.717) is 6.04 Å². The monoisotopic (exact) mass is 310 g/mol. The molecule has 0 unspecified atom stereocenters. The maximum absolute atomic E-state index is 4.26. The summed E-state index contributed by atoms with van der Waals surface area (Å²) >= 11 is 0. The normalized spacial score (nSPS) is 18.6. The third kappa shape index (κ3) is 4.60. The van der Waals surface area contributed by atoms with E-state index >= 15 is 0 Å². The highest BCUT2D eigenvalue weighted by molar-refractivity contribution is 5.11. The van der Waals surface area contributed by atoms with Crippen LogP contribution < -0.4 is 0 Å². The molecule has 4 heteroatoms. The molecule has 2 aromatic rings. The predicted molar refractivity (Wildman–Crippen MR) is 92.9 cm³/mol. The van der Waals surface area contributed by atoms with Crippen LogP contribution in [0.25, 0.3) is 0 Å². The average Bonchev–Trinajstić information content (AvgIpc) is 3.04. The smallest absolute Gasteiger partial charge is 0.0312 e. The van der Waals surface area contributed by atoms with Crippen LogP contribution in [0.15, 0.2) is 49.1 Å². The first-order chi connectivity index (χ1) is 11.3. The van der Waals surface area contributed by atoms with E-state index in [2.05, 4.69) is 38.8 Å². The largest absolute Gasteiger partial charge is 0.299 e. The maximum atomic E-state index is 4.26. The molecule has 0 saturated carbocycles. The van der Waals surface area contributed by atoms with E-state index in [1.807, 2.05) is 36.9 Å². The van der Waals surface area contributed by atoms with Gasteiger partial charge in [0, 0.05) is 50.5 Å². The molecular weight excluding hydrogens is 284 g/mol. The summed E-state index contributed by atoms with van der Waals surface area (Å²) in [5, 5.41) is 0. The van der Waals surface area contributed by atoms with Gasteiger partial charge >= 0.3 is 0 Å². The second-order valence-electron chi connectivity index (χ2n) is 6.32. The molecule has 1 saturated heterocycles. The second kappa shape index (κ2) is 8.18. The summed E-state index contributed by atoms with van der Waals surface area (Å²) in [6, 6.07) is 9.04. The van der Waals surface area contributed by atoms with Crippen LogP contribution in [0, 0.1) is 0 Å². The predicted octanol–water partition coefficient (Wildman–Crippen LogP) is 2.96. The lowest BCUT2D eigenvalue weighted by Crippen LogP contribution is -2.39. The van der Waals surface area contributed by atoms with Gasteiger partial charge in [-0.2, -0.15) is 0 Å². The number of nitrogens with zero attached hydrogens (tertiary/aromatic N) is 4. The summed E-state index contributed by atoms with van der Waals surface area (Å²) < 4.78 is 0. The molecule has 3 heterocycles. The van der Waals surface area contributed by atoms with Crippen LogP contribution in [0.2, 0.25) is 0 Å². The van der Waals surface area contributed by atoms with Gasteiger partial charge in [-0.1, -0.05) is 19.1 Å². The maximum Gasteiger partial charge on any atom is 0.0312 e. The molecule has 0 bridgehead atoms. The van der Waals surface area contributed by atoms with Crippen molar-refractivity contribution >= 4 is 0 Å². The highest BCUT2D eigenvalue weighted by atomic mass is 15.2. The van der Waals surface area contributed by atoms with Crippen molar-refractivity contribution in [3.63, 3.8) is 0 Å². The van der Waals surface area contributed by atoms with Crippen molar-refractivity contribution in [2.75, 3.05) is 19.6 Å². The Morgan fingerprint density at radius 2 is 1.74 bits per heavy atom. The van der Waals surface area contributed by atoms with Gasteiger partial charge in [-0.3, -0.25) is 19.8 Å². The Kier molecular flexibility index (Phi) is 5.72. The summed E-state index contributed by atoms with van der Waals surface area (Å²) in [6.45, 7) is 7.66. The van der Waals surface area contributed by atoms with E-state index in [0.717, 1.165) is 26.2 Å². The highest BCUT2D eigenvalue weighted by Gasteiger charge is 2.25. The molecule has 2 aromatic heterocycles. The fourth-order valence-electron chi connectivity index (χ4n) is 3.50. The molecule has 1 fully saturated rings. The molecular formula is C19H26N4. The SMILES string of the molecule is CCN1CCC[C@@H]1CN(Cc1cccnc1)Cc1cccnc1. The van der Waals surface area contributed by atoms with Crippen LogP contribution in [0.3, 0.4) is 0 Å². The Bertz CT molecular complexity index is 531. The molecule has 0 aliphatic carbocycles. The van der Waals surface area contributed by atoms with Crippen LogP contribution in [-0.2, 0) is 13.1 Å². The standard InChI is InChI=1S/C19H26N4/c1-2-23-11-5-8-19(23)16-22(14-17-6-3-9-20-12-17)15-18-7-4-10-21-13-18/h3-4,6-7,9-10,12-13,19H,2,5,8,11,14-16H2,1H3/t19-/m1/s1. The molecule has 0 amide bonds. The van der Waals surface area contributed by atoms with Gasteiger partial charge in [-0.15, -0.1) is 0 Å². The van der Waals surface area contributed by atoms with Crippen molar-refractivity contribution in [1.29, 1.82) is 0 Å². The Morgan fingerprint density at radius 1 is 1.09 bits per heavy atom. The second-order valence-corrected chi connectivity index (χ2v) is 6.32. The zero-order valence-corrected chi connectivity index (χ0v) is 13.9. The van der Waals surface area contributed by atoms with E-state index < -0.39 is 0 Å². The van der Waals surface area contributed by atoms with Crippen LogP contribution in [-0.4, -0.2) is 45.4 Å². The minimum absolute atomic E-state index is 0.674. The van der Waals surface area contributed by atoms with Crippen molar-refractivity contribution in [3.05, 3.63) is 60.2 Å². The summed E-state index contributed by atoms with van der Waals surface area (Å²) in [5.74, 6) is 0. The van der Waals surface area contributed by atoms with Crippen LogP contribution in [0.4, 0.5) is 0 Å². The molecule has 4 nitrogen and oxygen atoms in total. The summed E-state index contributed by atoms with van der Waals surface area (Å²) in [7, 11) is 0. The molecule has 0 radical (unpaired) electrons. The van der Waals surface area contributed by atoms with E-state index in [4.69, 9.17) is 0 Å². The van der Waals surface area contributed by atoms with Crippen LogP contribution in [0.5, 0.6) is 0 Å². The third-order valence-electron chi connectivity index (χ3n) is 4.63. The Labute approximate surface area is 139 Å². The summed E-state index contributed by atoms with van der Waals surface area (Å²) in [4.78, 5) is 13.7. The first-order valence-electron chi connectivity index (χ1n) is 8.59. The molecule has 23 heavy (non-hydrogen) atoms. The quantitative estimate of drug-likeness (QED) is 0.787. The molecule has 0 N–H and O–H groups in total. The van der Waals surface area contributed by atoms with Gasteiger partial charge in [0.25, 0.3) is 0 Å². The number of rotatable bonds is 7. The molecule has 122 valence electrons. The Morgan fingerprint density at radius 3 is 2.26 bits per heavy atom. The number of hydrogen-bond acceptors (Lipinski definition) is 4. The molecule has 0 aromatic carbocycles. The summed E-state index contributed by atoms with van der Waals surface area (Å²) in [5.41, 5.74) is 2.55. The van der Waals surface area contributed by atoms with Gasteiger partial charge in [0.05, 0.1) is 0 Å². The van der Waals surface area contributed by atoms with Crippen molar-refractivity contribution < 1.29 is 0 Å². The van der Waals surface area contributed by atoms with Gasteiger partial charge in [0.2, 0.25) is 0 Å². The molecule has 0 spiro atoms. The zero-order valence-electron chi connectivity index (χ0n) is 13.9. The Balaban J connectivity index is 1.70. The zero-order chi connectivity index (χ0) is 15.9. The summed E-state index contributed by atoms with van der Waals surface area (Å²) in [6.07, 6.45) is 10.3. The first-order valence-corrected chi connectivity index (χ1v) is 8.59. The molecule has 1 atom stereocenters. The van der Waals surface area contributed by atoms with E-state index in [1.54, 1.807) is 0 Å². The van der Waals surface area contributed by atoms with E-state index in [9.17, 15) is 0 Å². The number of pyridine rings is 2. The number of likely N-dealkylation sites (N-methyl/N-ethyl adjacent to an activating group) is 1. The van der Waals surface area contributed by atoms with Crippen molar-refractivity contribution in [3.8, 4) is 0 Å². The number of hydrogen-bond donors (Lipinski definition) is 0. The average molecular weight is 310 g/mol. The van der Waals surface area contributed by atoms with Crippen LogP contribution in [0.1, 0.15) is 30.9 Å². The van der Waals surface area contributed by atoms with E-state index in [1.165, 1.54) is 30.5 Å². The molecule has 1 aliphatic heterocycles. The van der Waals surface area contributed by atoms with Gasteiger partial charge < -0.3 is 0 Å². The lowest BCUT2D eigenvalue weighted by molar-refractivity contribution is 0.166. The molecule has 1 aliphatic rings. The highest BCUT2D eigenvalue weighted by Crippen LogP contribution is 2.19. The van der Waals surface area contributed by atoms with Crippen molar-refractivity contribution in [2.45, 2.75) is 38.9 Å². The Hall–Kier alpha value is -1.78. The van der Waals surface area contributed by atoms with E-state index in [-0.39, 0.29) is 0 Å². The van der Waals surface area contributed by atoms with Gasteiger partial charge in [0.1, 0.15) is 0 Å². The minimum Gasteiger partial charge on any atom is -0.299 e. The number of aromatic nitrogens is 2.